The minimum absolute atomic E-state index is 0.0848. The van der Waals surface area contributed by atoms with Crippen LogP contribution >= 0.6 is 0 Å². The molecule has 0 spiro atoms. The molecule has 0 aliphatic heterocycles. The van der Waals surface area contributed by atoms with Gasteiger partial charge in [-0.1, -0.05) is 36.8 Å². The Morgan fingerprint density at radius 2 is 1.62 bits per heavy atom. The van der Waals surface area contributed by atoms with E-state index in [1.165, 1.54) is 17.0 Å². The molecular formula is C22H26FN3O3. The summed E-state index contributed by atoms with van der Waals surface area (Å²) in [6, 6.07) is 13.0. The second-order valence-corrected chi connectivity index (χ2v) is 6.81. The zero-order valence-corrected chi connectivity index (χ0v) is 16.7. The minimum Gasteiger partial charge on any atom is -0.345 e. The molecule has 2 aromatic carbocycles. The molecule has 0 saturated carbocycles. The lowest BCUT2D eigenvalue weighted by molar-refractivity contribution is -0.135. The van der Waals surface area contributed by atoms with E-state index in [-0.39, 0.29) is 37.1 Å². The third kappa shape index (κ3) is 7.73. The van der Waals surface area contributed by atoms with Crippen LogP contribution in [0.2, 0.25) is 0 Å². The second kappa shape index (κ2) is 10.9. The lowest BCUT2D eigenvalue weighted by atomic mass is 10.1. The SMILES string of the molecule is CCCN(CC(=O)NCC(=O)Nc1ccc(C)cc1)C(=O)Cc1ccc(F)cc1. The molecule has 0 bridgehead atoms. The fourth-order valence-electron chi connectivity index (χ4n) is 2.70. The standard InChI is InChI=1S/C22H26FN3O3/c1-3-12-26(22(29)13-17-6-8-18(23)9-7-17)15-21(28)24-14-20(27)25-19-10-4-16(2)5-11-19/h4-11H,3,12-15H2,1-2H3,(H,24,28)(H,25,27). The van der Waals surface area contributed by atoms with Crippen LogP contribution in [0.5, 0.6) is 0 Å². The Balaban J connectivity index is 1.83. The summed E-state index contributed by atoms with van der Waals surface area (Å²) in [6.45, 7) is 3.96. The number of halogens is 1. The van der Waals surface area contributed by atoms with Gasteiger partial charge in [-0.2, -0.15) is 0 Å². The predicted octanol–water partition coefficient (Wildman–Crippen LogP) is 2.67. The lowest BCUT2D eigenvalue weighted by Crippen LogP contribution is -2.43. The van der Waals surface area contributed by atoms with Gasteiger partial charge in [-0.25, -0.2) is 4.39 Å². The van der Waals surface area contributed by atoms with E-state index in [9.17, 15) is 18.8 Å². The quantitative estimate of drug-likeness (QED) is 0.681. The average molecular weight is 399 g/mol. The molecule has 2 aromatic rings. The fraction of sp³-hybridized carbons (Fsp3) is 0.318. The topological polar surface area (TPSA) is 78.5 Å². The van der Waals surface area contributed by atoms with Crippen molar-refractivity contribution in [1.29, 1.82) is 0 Å². The van der Waals surface area contributed by atoms with Gasteiger partial charge < -0.3 is 15.5 Å². The monoisotopic (exact) mass is 399 g/mol. The van der Waals surface area contributed by atoms with Crippen molar-refractivity contribution in [2.45, 2.75) is 26.7 Å². The van der Waals surface area contributed by atoms with Gasteiger partial charge in [0.2, 0.25) is 17.7 Å². The van der Waals surface area contributed by atoms with Crippen LogP contribution in [0.4, 0.5) is 10.1 Å². The number of nitrogens with zero attached hydrogens (tertiary/aromatic N) is 1. The number of hydrogen-bond acceptors (Lipinski definition) is 3. The van der Waals surface area contributed by atoms with E-state index in [0.717, 1.165) is 5.56 Å². The Hall–Kier alpha value is -3.22. The van der Waals surface area contributed by atoms with Crippen LogP contribution < -0.4 is 10.6 Å². The molecule has 0 atom stereocenters. The van der Waals surface area contributed by atoms with Gasteiger partial charge in [0.15, 0.2) is 0 Å². The number of hydrogen-bond donors (Lipinski definition) is 2. The van der Waals surface area contributed by atoms with Crippen molar-refractivity contribution in [3.05, 3.63) is 65.5 Å². The summed E-state index contributed by atoms with van der Waals surface area (Å²) in [5.41, 5.74) is 2.41. The van der Waals surface area contributed by atoms with E-state index >= 15 is 0 Å². The van der Waals surface area contributed by atoms with Crippen molar-refractivity contribution in [3.8, 4) is 0 Å². The maximum Gasteiger partial charge on any atom is 0.243 e. The fourth-order valence-corrected chi connectivity index (χ4v) is 2.70. The van der Waals surface area contributed by atoms with Gasteiger partial charge in [-0.15, -0.1) is 0 Å². The van der Waals surface area contributed by atoms with E-state index in [1.54, 1.807) is 24.3 Å². The minimum atomic E-state index is -0.412. The maximum atomic E-state index is 13.0. The van der Waals surface area contributed by atoms with E-state index in [1.807, 2.05) is 26.0 Å². The highest BCUT2D eigenvalue weighted by atomic mass is 19.1. The van der Waals surface area contributed by atoms with Crippen LogP contribution in [0.3, 0.4) is 0 Å². The smallest absolute Gasteiger partial charge is 0.243 e. The molecule has 0 unspecified atom stereocenters. The summed E-state index contributed by atoms with van der Waals surface area (Å²) < 4.78 is 13.0. The number of nitrogens with one attached hydrogen (secondary N) is 2. The van der Waals surface area contributed by atoms with Gasteiger partial charge in [0.05, 0.1) is 19.5 Å². The van der Waals surface area contributed by atoms with Crippen molar-refractivity contribution in [2.24, 2.45) is 0 Å². The molecule has 0 fully saturated rings. The Morgan fingerprint density at radius 1 is 0.966 bits per heavy atom. The third-order valence-electron chi connectivity index (χ3n) is 4.23. The molecule has 7 heteroatoms. The molecule has 0 aromatic heterocycles. The Kier molecular flexibility index (Phi) is 8.33. The van der Waals surface area contributed by atoms with Gasteiger partial charge in [0.1, 0.15) is 5.82 Å². The number of benzene rings is 2. The zero-order chi connectivity index (χ0) is 21.2. The number of amides is 3. The van der Waals surface area contributed by atoms with Crippen molar-refractivity contribution in [1.82, 2.24) is 10.2 Å². The van der Waals surface area contributed by atoms with Crippen molar-refractivity contribution in [3.63, 3.8) is 0 Å². The number of carbonyl (C=O) groups is 3. The summed E-state index contributed by atoms with van der Waals surface area (Å²) in [5.74, 6) is -1.35. The van der Waals surface area contributed by atoms with Crippen LogP contribution in [0.25, 0.3) is 0 Å². The van der Waals surface area contributed by atoms with Gasteiger partial charge >= 0.3 is 0 Å². The predicted molar refractivity (Wildman–Crippen MR) is 110 cm³/mol. The highest BCUT2D eigenvalue weighted by Gasteiger charge is 2.17. The van der Waals surface area contributed by atoms with Crippen LogP contribution in [0, 0.1) is 12.7 Å². The molecule has 3 amide bonds. The first-order valence-electron chi connectivity index (χ1n) is 9.53. The molecule has 6 nitrogen and oxygen atoms in total. The molecule has 2 N–H and O–H groups in total. The number of carbonyl (C=O) groups excluding carboxylic acids is 3. The highest BCUT2D eigenvalue weighted by Crippen LogP contribution is 2.08. The molecule has 2 rings (SSSR count). The van der Waals surface area contributed by atoms with E-state index < -0.39 is 5.91 Å². The van der Waals surface area contributed by atoms with Crippen LogP contribution in [-0.4, -0.2) is 42.3 Å². The van der Waals surface area contributed by atoms with Gasteiger partial charge in [0, 0.05) is 12.2 Å². The number of anilines is 1. The first kappa shape index (κ1) is 22.1. The Labute approximate surface area is 170 Å². The summed E-state index contributed by atoms with van der Waals surface area (Å²) in [7, 11) is 0. The maximum absolute atomic E-state index is 13.0. The van der Waals surface area contributed by atoms with Gasteiger partial charge in [0.25, 0.3) is 0 Å². The first-order chi connectivity index (χ1) is 13.9. The summed E-state index contributed by atoms with van der Waals surface area (Å²) in [6.07, 6.45) is 0.776. The largest absolute Gasteiger partial charge is 0.345 e. The van der Waals surface area contributed by atoms with Gasteiger partial charge in [-0.05, 0) is 43.2 Å². The molecule has 0 heterocycles. The second-order valence-electron chi connectivity index (χ2n) is 6.81. The number of aryl methyl sites for hydroxylation is 1. The van der Waals surface area contributed by atoms with E-state index in [2.05, 4.69) is 10.6 Å². The average Bonchev–Trinajstić information content (AvgIpc) is 2.69. The normalized spacial score (nSPS) is 10.3. The highest BCUT2D eigenvalue weighted by molar-refractivity contribution is 5.95. The first-order valence-corrected chi connectivity index (χ1v) is 9.53. The van der Waals surface area contributed by atoms with Gasteiger partial charge in [-0.3, -0.25) is 14.4 Å². The molecule has 154 valence electrons. The van der Waals surface area contributed by atoms with Crippen LogP contribution in [-0.2, 0) is 20.8 Å². The summed E-state index contributed by atoms with van der Waals surface area (Å²) >= 11 is 0. The molecule has 0 radical (unpaired) electrons. The van der Waals surface area contributed by atoms with Crippen molar-refractivity contribution < 1.29 is 18.8 Å². The lowest BCUT2D eigenvalue weighted by Gasteiger charge is -2.21. The summed E-state index contributed by atoms with van der Waals surface area (Å²) in [4.78, 5) is 38.1. The van der Waals surface area contributed by atoms with Crippen LogP contribution in [0.1, 0.15) is 24.5 Å². The molecule has 0 aliphatic carbocycles. The molecule has 0 aliphatic rings. The molecule has 29 heavy (non-hydrogen) atoms. The van der Waals surface area contributed by atoms with E-state index in [0.29, 0.717) is 24.2 Å². The Bertz CT molecular complexity index is 835. The van der Waals surface area contributed by atoms with E-state index in [4.69, 9.17) is 0 Å². The third-order valence-corrected chi connectivity index (χ3v) is 4.23. The zero-order valence-electron chi connectivity index (χ0n) is 16.7. The Morgan fingerprint density at radius 3 is 2.24 bits per heavy atom. The summed E-state index contributed by atoms with van der Waals surface area (Å²) in [5, 5.41) is 5.23. The van der Waals surface area contributed by atoms with Crippen molar-refractivity contribution >= 4 is 23.4 Å². The van der Waals surface area contributed by atoms with Crippen molar-refractivity contribution in [2.75, 3.05) is 25.0 Å². The number of rotatable bonds is 9. The van der Waals surface area contributed by atoms with Crippen LogP contribution in [0.15, 0.2) is 48.5 Å². The molecular weight excluding hydrogens is 373 g/mol. The molecule has 0 saturated heterocycles.